The highest BCUT2D eigenvalue weighted by Crippen LogP contribution is 2.36. The summed E-state index contributed by atoms with van der Waals surface area (Å²) in [7, 11) is 0. The minimum absolute atomic E-state index is 0.212. The van der Waals surface area contributed by atoms with Crippen LogP contribution < -0.4 is 0 Å². The van der Waals surface area contributed by atoms with Crippen molar-refractivity contribution in [1.29, 1.82) is 0 Å². The molecule has 21 heavy (non-hydrogen) atoms. The predicted molar refractivity (Wildman–Crippen MR) is 79.4 cm³/mol. The molecule has 0 bridgehead atoms. The molecular formula is C17H24FNO2. The third-order valence-corrected chi connectivity index (χ3v) is 5.16. The molecule has 1 aromatic carbocycles. The van der Waals surface area contributed by atoms with Crippen molar-refractivity contribution >= 4 is 0 Å². The number of hydrogen-bond acceptors (Lipinski definition) is 3. The number of piperidine rings is 1. The van der Waals surface area contributed by atoms with Crippen LogP contribution in [0.5, 0.6) is 0 Å². The fourth-order valence-corrected chi connectivity index (χ4v) is 3.85. The molecule has 3 nitrogen and oxygen atoms in total. The second kappa shape index (κ2) is 6.03. The first-order valence-corrected chi connectivity index (χ1v) is 8.00. The van der Waals surface area contributed by atoms with Gasteiger partial charge in [-0.3, -0.25) is 4.90 Å². The van der Waals surface area contributed by atoms with Gasteiger partial charge in [0.15, 0.2) is 0 Å². The lowest BCUT2D eigenvalue weighted by Gasteiger charge is -2.44. The Labute approximate surface area is 125 Å². The highest BCUT2D eigenvalue weighted by atomic mass is 19.1. The third kappa shape index (κ3) is 2.98. The Morgan fingerprint density at radius 2 is 1.76 bits per heavy atom. The SMILES string of the molecule is OC1CCCCC1N1CCC(O)(c2ccccc2F)CC1. The van der Waals surface area contributed by atoms with Crippen molar-refractivity contribution in [2.45, 2.75) is 56.3 Å². The molecule has 3 rings (SSSR count). The number of aliphatic hydroxyl groups is 2. The minimum atomic E-state index is -1.07. The maximum absolute atomic E-state index is 13.9. The van der Waals surface area contributed by atoms with Crippen molar-refractivity contribution in [2.75, 3.05) is 13.1 Å². The smallest absolute Gasteiger partial charge is 0.129 e. The van der Waals surface area contributed by atoms with E-state index in [1.807, 2.05) is 0 Å². The van der Waals surface area contributed by atoms with Crippen LogP contribution in [-0.4, -0.2) is 40.3 Å². The van der Waals surface area contributed by atoms with Crippen LogP contribution in [-0.2, 0) is 5.60 Å². The molecule has 1 heterocycles. The second-order valence-corrected chi connectivity index (χ2v) is 6.47. The van der Waals surface area contributed by atoms with Gasteiger partial charge in [-0.1, -0.05) is 31.0 Å². The van der Waals surface area contributed by atoms with Gasteiger partial charge in [-0.05, 0) is 31.7 Å². The highest BCUT2D eigenvalue weighted by Gasteiger charge is 2.39. The fraction of sp³-hybridized carbons (Fsp3) is 0.647. The molecule has 1 aromatic rings. The van der Waals surface area contributed by atoms with E-state index in [-0.39, 0.29) is 18.0 Å². The first-order valence-electron chi connectivity index (χ1n) is 8.00. The van der Waals surface area contributed by atoms with Crippen molar-refractivity contribution in [3.8, 4) is 0 Å². The first kappa shape index (κ1) is 14.9. The second-order valence-electron chi connectivity index (χ2n) is 6.47. The van der Waals surface area contributed by atoms with Crippen LogP contribution in [0.15, 0.2) is 24.3 Å². The highest BCUT2D eigenvalue weighted by molar-refractivity contribution is 5.25. The van der Waals surface area contributed by atoms with E-state index >= 15 is 0 Å². The minimum Gasteiger partial charge on any atom is -0.391 e. The molecule has 0 radical (unpaired) electrons. The number of hydrogen-bond donors (Lipinski definition) is 2. The quantitative estimate of drug-likeness (QED) is 0.880. The molecule has 1 saturated heterocycles. The van der Waals surface area contributed by atoms with E-state index in [2.05, 4.69) is 4.90 Å². The summed E-state index contributed by atoms with van der Waals surface area (Å²) in [4.78, 5) is 2.28. The number of halogens is 1. The van der Waals surface area contributed by atoms with Gasteiger partial charge in [0.25, 0.3) is 0 Å². The Morgan fingerprint density at radius 1 is 1.10 bits per heavy atom. The van der Waals surface area contributed by atoms with Gasteiger partial charge in [0.1, 0.15) is 5.82 Å². The molecule has 0 aromatic heterocycles. The summed E-state index contributed by atoms with van der Waals surface area (Å²) in [5.74, 6) is -0.328. The molecule has 2 fully saturated rings. The molecule has 116 valence electrons. The van der Waals surface area contributed by atoms with Crippen molar-refractivity contribution < 1.29 is 14.6 Å². The van der Waals surface area contributed by atoms with E-state index in [1.54, 1.807) is 18.2 Å². The van der Waals surface area contributed by atoms with Gasteiger partial charge in [-0.2, -0.15) is 0 Å². The molecule has 0 spiro atoms. The number of likely N-dealkylation sites (tertiary alicyclic amines) is 1. The molecule has 1 aliphatic heterocycles. The largest absolute Gasteiger partial charge is 0.391 e. The van der Waals surface area contributed by atoms with E-state index in [0.29, 0.717) is 31.5 Å². The maximum Gasteiger partial charge on any atom is 0.129 e. The van der Waals surface area contributed by atoms with Crippen molar-refractivity contribution in [1.82, 2.24) is 4.90 Å². The Hall–Kier alpha value is -0.970. The summed E-state index contributed by atoms with van der Waals surface area (Å²) in [6, 6.07) is 6.72. The van der Waals surface area contributed by atoms with E-state index < -0.39 is 5.60 Å². The molecule has 2 atom stereocenters. The van der Waals surface area contributed by atoms with Crippen molar-refractivity contribution in [3.63, 3.8) is 0 Å². The van der Waals surface area contributed by atoms with Crippen molar-refractivity contribution in [3.05, 3.63) is 35.6 Å². The zero-order valence-corrected chi connectivity index (χ0v) is 12.3. The third-order valence-electron chi connectivity index (χ3n) is 5.16. The number of aliphatic hydroxyl groups excluding tert-OH is 1. The van der Waals surface area contributed by atoms with Crippen LogP contribution in [0.1, 0.15) is 44.1 Å². The van der Waals surface area contributed by atoms with Gasteiger partial charge in [0, 0.05) is 24.7 Å². The molecule has 2 aliphatic rings. The summed E-state index contributed by atoms with van der Waals surface area (Å²) in [5, 5.41) is 20.9. The summed E-state index contributed by atoms with van der Waals surface area (Å²) in [5.41, 5.74) is -0.657. The van der Waals surface area contributed by atoms with Gasteiger partial charge < -0.3 is 10.2 Å². The van der Waals surface area contributed by atoms with Crippen LogP contribution in [0.2, 0.25) is 0 Å². The van der Waals surface area contributed by atoms with Crippen LogP contribution in [0.25, 0.3) is 0 Å². The van der Waals surface area contributed by atoms with Gasteiger partial charge in [-0.25, -0.2) is 4.39 Å². The van der Waals surface area contributed by atoms with Crippen LogP contribution in [0.3, 0.4) is 0 Å². The molecule has 1 aliphatic carbocycles. The lowest BCUT2D eigenvalue weighted by Crippen LogP contribution is -2.52. The van der Waals surface area contributed by atoms with Gasteiger partial charge in [-0.15, -0.1) is 0 Å². The van der Waals surface area contributed by atoms with Crippen LogP contribution in [0, 0.1) is 5.82 Å². The maximum atomic E-state index is 13.9. The predicted octanol–water partition coefficient (Wildman–Crippen LogP) is 2.41. The Balaban J connectivity index is 1.68. The molecule has 2 N–H and O–H groups in total. The Bertz CT molecular complexity index is 485. The Morgan fingerprint density at radius 3 is 2.43 bits per heavy atom. The number of rotatable bonds is 2. The number of benzene rings is 1. The monoisotopic (exact) mass is 293 g/mol. The van der Waals surface area contributed by atoms with Gasteiger partial charge >= 0.3 is 0 Å². The first-order chi connectivity index (χ1) is 10.1. The Kier molecular flexibility index (Phi) is 4.29. The molecule has 0 amide bonds. The summed E-state index contributed by atoms with van der Waals surface area (Å²) in [6.07, 6.45) is 4.96. The average Bonchev–Trinajstić information content (AvgIpc) is 2.49. The van der Waals surface area contributed by atoms with E-state index in [9.17, 15) is 14.6 Å². The normalized spacial score (nSPS) is 30.2. The summed E-state index contributed by atoms with van der Waals surface area (Å²) >= 11 is 0. The zero-order valence-electron chi connectivity index (χ0n) is 12.3. The lowest BCUT2D eigenvalue weighted by atomic mass is 9.82. The van der Waals surface area contributed by atoms with Gasteiger partial charge in [0.05, 0.1) is 11.7 Å². The average molecular weight is 293 g/mol. The van der Waals surface area contributed by atoms with E-state index in [1.165, 1.54) is 6.07 Å². The summed E-state index contributed by atoms with van der Waals surface area (Å²) < 4.78 is 13.9. The van der Waals surface area contributed by atoms with Crippen LogP contribution >= 0.6 is 0 Å². The van der Waals surface area contributed by atoms with E-state index in [0.717, 1.165) is 25.7 Å². The zero-order chi connectivity index (χ0) is 14.9. The molecular weight excluding hydrogens is 269 g/mol. The van der Waals surface area contributed by atoms with Crippen molar-refractivity contribution in [2.24, 2.45) is 0 Å². The van der Waals surface area contributed by atoms with Gasteiger partial charge in [0.2, 0.25) is 0 Å². The topological polar surface area (TPSA) is 43.7 Å². The van der Waals surface area contributed by atoms with E-state index in [4.69, 9.17) is 0 Å². The molecule has 4 heteroatoms. The summed E-state index contributed by atoms with van der Waals surface area (Å²) in [6.45, 7) is 1.43. The molecule has 2 unspecified atom stereocenters. The lowest BCUT2D eigenvalue weighted by molar-refractivity contribution is -0.0621. The standard InChI is InChI=1S/C17H24FNO2/c18-14-6-2-1-5-13(14)17(21)9-11-19(12-10-17)15-7-3-4-8-16(15)20/h1-2,5-6,15-16,20-21H,3-4,7-12H2. The fourth-order valence-electron chi connectivity index (χ4n) is 3.85. The molecule has 1 saturated carbocycles. The number of nitrogens with zero attached hydrogens (tertiary/aromatic N) is 1. The van der Waals surface area contributed by atoms with Crippen LogP contribution in [0.4, 0.5) is 4.39 Å².